The van der Waals surface area contributed by atoms with Gasteiger partial charge in [0.2, 0.25) is 0 Å². The fourth-order valence-electron chi connectivity index (χ4n) is 4.20. The molecule has 3 heteroatoms. The normalized spacial score (nSPS) is 22.9. The Morgan fingerprint density at radius 1 is 1.00 bits per heavy atom. The van der Waals surface area contributed by atoms with Crippen LogP contribution in [0.2, 0.25) is 0 Å². The van der Waals surface area contributed by atoms with Gasteiger partial charge in [-0.2, -0.15) is 0 Å². The number of halogens is 2. The minimum atomic E-state index is -2.59. The summed E-state index contributed by atoms with van der Waals surface area (Å²) in [4.78, 5) is 0. The first-order chi connectivity index (χ1) is 12.6. The zero-order valence-corrected chi connectivity index (χ0v) is 19.0. The van der Waals surface area contributed by atoms with Crippen LogP contribution in [0.4, 0.5) is 0 Å². The van der Waals surface area contributed by atoms with Gasteiger partial charge in [0.05, 0.1) is 0 Å². The van der Waals surface area contributed by atoms with Gasteiger partial charge in [-0.3, -0.25) is 0 Å². The summed E-state index contributed by atoms with van der Waals surface area (Å²) in [5.41, 5.74) is 5.56. The summed E-state index contributed by atoms with van der Waals surface area (Å²) in [5.74, 6) is 2.82. The molecule has 2 aliphatic carbocycles. The second kappa shape index (κ2) is 7.21. The monoisotopic (exact) mass is 505 g/mol. The molecule has 2 aliphatic rings. The fraction of sp³-hybridized carbons (Fsp3) is 0.217. The van der Waals surface area contributed by atoms with Gasteiger partial charge < -0.3 is 0 Å². The second-order valence-electron chi connectivity index (χ2n) is 6.89. The molecule has 2 aromatic rings. The van der Waals surface area contributed by atoms with Crippen molar-refractivity contribution in [3.05, 3.63) is 82.9 Å². The molecule has 0 saturated heterocycles. The Kier molecular flexibility index (Phi) is 5.10. The molecular weight excluding hydrogens is 487 g/mol. The van der Waals surface area contributed by atoms with Crippen LogP contribution < -0.4 is 0 Å². The number of allylic oxidation sites excluding steroid dienone is 2. The van der Waals surface area contributed by atoms with E-state index in [1.807, 2.05) is 0 Å². The van der Waals surface area contributed by atoms with Crippen LogP contribution in [-0.2, 0) is 14.4 Å². The first-order valence-corrected chi connectivity index (χ1v) is 17.3. The van der Waals surface area contributed by atoms with E-state index in [0.717, 1.165) is 19.3 Å². The first kappa shape index (κ1) is 18.4. The summed E-state index contributed by atoms with van der Waals surface area (Å²) < 4.78 is 0.420. The van der Waals surface area contributed by atoms with E-state index in [0.29, 0.717) is 4.63 Å². The van der Waals surface area contributed by atoms with Crippen LogP contribution in [0.3, 0.4) is 0 Å². The van der Waals surface area contributed by atoms with Crippen molar-refractivity contribution in [2.45, 2.75) is 28.0 Å². The predicted molar refractivity (Wildman–Crippen MR) is 116 cm³/mol. The zero-order chi connectivity index (χ0) is 18.2. The van der Waals surface area contributed by atoms with Crippen LogP contribution in [0.15, 0.2) is 60.7 Å². The molecule has 0 spiro atoms. The van der Waals surface area contributed by atoms with E-state index in [4.69, 9.17) is 6.42 Å². The molecule has 0 aromatic heterocycles. The Hall–Kier alpha value is -0.976. The van der Waals surface area contributed by atoms with Crippen molar-refractivity contribution < 1.29 is 10.2 Å². The third-order valence-corrected chi connectivity index (χ3v) is 18.8. The standard InChI is InChI=1S/C14H13.C9H7.2BrH.V/c1-2-3-4-7-12-10-11-13-8-5-6-9-14(12)13;1-2-5-9-7-3-6-8(9)4-1;;;/h1,5-6,8-11H,3-4,7H2;1-7H;2*1H;/q;;;;+2/p-2. The van der Waals surface area contributed by atoms with E-state index in [2.05, 4.69) is 106 Å². The van der Waals surface area contributed by atoms with Gasteiger partial charge in [0.1, 0.15) is 0 Å². The van der Waals surface area contributed by atoms with Crippen LogP contribution in [0, 0.1) is 12.3 Å². The minimum absolute atomic E-state index is 0.0121. The molecule has 26 heavy (non-hydrogen) atoms. The molecule has 0 N–H and O–H groups in total. The van der Waals surface area contributed by atoms with E-state index >= 15 is 0 Å². The van der Waals surface area contributed by atoms with Crippen LogP contribution in [0.5, 0.6) is 0 Å². The van der Waals surface area contributed by atoms with Crippen LogP contribution >= 0.6 is 27.6 Å². The van der Waals surface area contributed by atoms with Gasteiger partial charge in [-0.25, -0.2) is 0 Å². The van der Waals surface area contributed by atoms with Gasteiger partial charge in [-0.15, -0.1) is 0 Å². The Labute approximate surface area is 172 Å². The van der Waals surface area contributed by atoms with E-state index < -0.39 is 10.2 Å². The molecule has 0 nitrogen and oxygen atoms in total. The Bertz CT molecular complexity index is 935. The number of benzene rings is 2. The van der Waals surface area contributed by atoms with E-state index in [9.17, 15) is 0 Å². The van der Waals surface area contributed by atoms with Crippen molar-refractivity contribution in [1.29, 1.82) is 0 Å². The van der Waals surface area contributed by atoms with Crippen molar-refractivity contribution in [2.75, 3.05) is 0 Å². The average molecular weight is 507 g/mol. The van der Waals surface area contributed by atoms with Gasteiger partial charge in [-0.05, 0) is 0 Å². The topological polar surface area (TPSA) is 0 Å². The first-order valence-electron chi connectivity index (χ1n) is 8.88. The molecule has 0 amide bonds. The SMILES string of the molecule is C#CCCC[C]1([V]([Br])([Br])[CH]2C=Cc3ccccc32)C=Cc2ccccc21. The third-order valence-electron chi connectivity index (χ3n) is 5.50. The predicted octanol–water partition coefficient (Wildman–Crippen LogP) is 7.25. The zero-order valence-electron chi connectivity index (χ0n) is 14.4. The Balaban J connectivity index is 1.82. The van der Waals surface area contributed by atoms with Gasteiger partial charge in [-0.1, -0.05) is 0 Å². The molecular formula is C23H20Br2V. The fourth-order valence-corrected chi connectivity index (χ4v) is 15.3. The molecule has 2 aromatic carbocycles. The quantitative estimate of drug-likeness (QED) is 0.296. The van der Waals surface area contributed by atoms with E-state index in [1.54, 1.807) is 0 Å². The van der Waals surface area contributed by atoms with E-state index in [1.165, 1.54) is 22.3 Å². The summed E-state index contributed by atoms with van der Waals surface area (Å²) in [6, 6.07) is 17.6. The number of hydrogen-bond donors (Lipinski definition) is 0. The van der Waals surface area contributed by atoms with E-state index in [-0.39, 0.29) is 4.13 Å². The summed E-state index contributed by atoms with van der Waals surface area (Å²) in [6.07, 6.45) is 17.9. The van der Waals surface area contributed by atoms with Crippen molar-refractivity contribution in [1.82, 2.24) is 0 Å². The summed E-state index contributed by atoms with van der Waals surface area (Å²) in [6.45, 7) is 0. The number of terminal acetylenes is 1. The molecule has 4 rings (SSSR count). The molecule has 131 valence electrons. The molecule has 0 radical (unpaired) electrons. The van der Waals surface area contributed by atoms with Crippen molar-refractivity contribution in [3.8, 4) is 12.3 Å². The van der Waals surface area contributed by atoms with Crippen molar-refractivity contribution >= 4 is 39.8 Å². The Morgan fingerprint density at radius 2 is 1.73 bits per heavy atom. The molecule has 0 saturated carbocycles. The van der Waals surface area contributed by atoms with Gasteiger partial charge >= 0.3 is 173 Å². The van der Waals surface area contributed by atoms with Gasteiger partial charge in [0.15, 0.2) is 0 Å². The Morgan fingerprint density at radius 3 is 2.54 bits per heavy atom. The maximum atomic E-state index is 5.56. The van der Waals surface area contributed by atoms with Crippen LogP contribution in [0.25, 0.3) is 12.2 Å². The average Bonchev–Trinajstić information content (AvgIpc) is 3.25. The van der Waals surface area contributed by atoms with Crippen LogP contribution in [0.1, 0.15) is 46.1 Å². The summed E-state index contributed by atoms with van der Waals surface area (Å²) in [7, 11) is -2.59. The summed E-state index contributed by atoms with van der Waals surface area (Å²) >= 11 is 8.64. The molecule has 0 fully saturated rings. The molecule has 0 heterocycles. The second-order valence-corrected chi connectivity index (χ2v) is 23.9. The molecule has 2 atom stereocenters. The van der Waals surface area contributed by atoms with Crippen molar-refractivity contribution in [3.63, 3.8) is 0 Å². The number of rotatable bonds is 5. The molecule has 0 aliphatic heterocycles. The van der Waals surface area contributed by atoms with Gasteiger partial charge in [0, 0.05) is 0 Å². The number of hydrogen-bond acceptors (Lipinski definition) is 0. The number of unbranched alkanes of at least 4 members (excludes halogenated alkanes) is 1. The molecule has 2 unspecified atom stereocenters. The molecule has 0 bridgehead atoms. The van der Waals surface area contributed by atoms with Crippen LogP contribution in [-0.4, -0.2) is 0 Å². The number of fused-ring (bicyclic) bond motifs is 2. The van der Waals surface area contributed by atoms with Gasteiger partial charge in [0.25, 0.3) is 0 Å². The van der Waals surface area contributed by atoms with Crippen molar-refractivity contribution in [2.24, 2.45) is 0 Å². The third kappa shape index (κ3) is 2.81. The maximum absolute atomic E-state index is 5.56. The summed E-state index contributed by atoms with van der Waals surface area (Å²) in [5, 5.41) is 0.